The van der Waals surface area contributed by atoms with Crippen molar-refractivity contribution < 1.29 is 9.53 Å². The molecule has 2 heterocycles. The van der Waals surface area contributed by atoms with Gasteiger partial charge in [-0.1, -0.05) is 43.0 Å². The summed E-state index contributed by atoms with van der Waals surface area (Å²) < 4.78 is 7.63. The zero-order valence-corrected chi connectivity index (χ0v) is 14.7. The Balaban J connectivity index is 1.92. The quantitative estimate of drug-likeness (QED) is 0.483. The van der Waals surface area contributed by atoms with Crippen LogP contribution in [-0.4, -0.2) is 20.4 Å². The molecular formula is C21H19N3O2. The third kappa shape index (κ3) is 3.95. The third-order valence-corrected chi connectivity index (χ3v) is 3.80. The maximum atomic E-state index is 11.3. The fraction of sp³-hybridized carbons (Fsp3) is 0.0952. The molecule has 3 rings (SSSR count). The van der Waals surface area contributed by atoms with Crippen molar-refractivity contribution in [2.24, 2.45) is 0 Å². The van der Waals surface area contributed by atoms with Crippen molar-refractivity contribution in [3.8, 4) is 11.6 Å². The molecule has 0 fully saturated rings. The Labute approximate surface area is 152 Å². The van der Waals surface area contributed by atoms with Crippen LogP contribution in [0.2, 0.25) is 0 Å². The van der Waals surface area contributed by atoms with E-state index in [0.717, 1.165) is 5.52 Å². The number of nitrogens with zero attached hydrogens (tertiary/aromatic N) is 3. The van der Waals surface area contributed by atoms with E-state index in [0.29, 0.717) is 28.6 Å². The number of carbonyl (C=O) groups excluding carboxylic acids is 1. The molecule has 0 spiro atoms. The third-order valence-electron chi connectivity index (χ3n) is 3.80. The van der Waals surface area contributed by atoms with Crippen LogP contribution >= 0.6 is 0 Å². The first-order valence-corrected chi connectivity index (χ1v) is 8.18. The first-order valence-electron chi connectivity index (χ1n) is 8.18. The van der Waals surface area contributed by atoms with Gasteiger partial charge in [-0.2, -0.15) is 4.98 Å². The van der Waals surface area contributed by atoms with Gasteiger partial charge in [0, 0.05) is 11.8 Å². The molecule has 0 saturated heterocycles. The summed E-state index contributed by atoms with van der Waals surface area (Å²) in [6.45, 7) is 7.31. The molecule has 0 saturated carbocycles. The summed E-state index contributed by atoms with van der Waals surface area (Å²) >= 11 is 0. The summed E-state index contributed by atoms with van der Waals surface area (Å²) in [6.07, 6.45) is 7.10. The molecule has 0 aliphatic heterocycles. The molecule has 0 bridgehead atoms. The number of fused-ring (bicyclic) bond motifs is 1. The van der Waals surface area contributed by atoms with Crippen molar-refractivity contribution in [1.82, 2.24) is 14.6 Å². The minimum absolute atomic E-state index is 0.0313. The van der Waals surface area contributed by atoms with Gasteiger partial charge in [-0.05, 0) is 43.7 Å². The molecule has 0 unspecified atom stereocenters. The van der Waals surface area contributed by atoms with E-state index in [1.165, 1.54) is 6.92 Å². The Hall–Kier alpha value is -3.47. The molecule has 130 valence electrons. The van der Waals surface area contributed by atoms with Crippen LogP contribution in [-0.2, 0) is 4.79 Å². The number of para-hydroxylation sites is 1. The maximum absolute atomic E-state index is 11.3. The highest BCUT2D eigenvalue weighted by Gasteiger charge is 2.11. The Kier molecular flexibility index (Phi) is 5.08. The molecule has 1 aromatic carbocycles. The molecule has 2 aromatic heterocycles. The van der Waals surface area contributed by atoms with E-state index in [1.807, 2.05) is 48.7 Å². The summed E-state index contributed by atoms with van der Waals surface area (Å²) in [5.74, 6) is 1.63. The van der Waals surface area contributed by atoms with E-state index in [9.17, 15) is 4.79 Å². The molecule has 0 atom stereocenters. The first-order chi connectivity index (χ1) is 12.5. The van der Waals surface area contributed by atoms with E-state index in [2.05, 4.69) is 16.7 Å². The number of aromatic nitrogens is 3. The lowest BCUT2D eigenvalue weighted by molar-refractivity contribution is -0.113. The predicted octanol–water partition coefficient (Wildman–Crippen LogP) is 4.63. The highest BCUT2D eigenvalue weighted by Crippen LogP contribution is 2.25. The van der Waals surface area contributed by atoms with Gasteiger partial charge in [0.15, 0.2) is 11.6 Å². The summed E-state index contributed by atoms with van der Waals surface area (Å²) in [5, 5.41) is 4.46. The fourth-order valence-electron chi connectivity index (χ4n) is 2.22. The monoisotopic (exact) mass is 345 g/mol. The lowest BCUT2D eigenvalue weighted by Crippen LogP contribution is -2.02. The Morgan fingerprint density at radius 1 is 1.15 bits per heavy atom. The summed E-state index contributed by atoms with van der Waals surface area (Å²) in [4.78, 5) is 15.8. The van der Waals surface area contributed by atoms with E-state index in [4.69, 9.17) is 4.74 Å². The number of ether oxygens (including phenoxy) is 1. The van der Waals surface area contributed by atoms with Crippen molar-refractivity contribution in [3.05, 3.63) is 84.9 Å². The van der Waals surface area contributed by atoms with Gasteiger partial charge in [0.25, 0.3) is 0 Å². The van der Waals surface area contributed by atoms with Crippen LogP contribution in [0.4, 0.5) is 0 Å². The second kappa shape index (κ2) is 7.61. The van der Waals surface area contributed by atoms with Gasteiger partial charge in [-0.3, -0.25) is 4.79 Å². The summed E-state index contributed by atoms with van der Waals surface area (Å²) in [7, 11) is 0. The van der Waals surface area contributed by atoms with Gasteiger partial charge < -0.3 is 4.74 Å². The number of allylic oxidation sites excluding steroid dienone is 5. The van der Waals surface area contributed by atoms with Gasteiger partial charge in [-0.15, -0.1) is 5.10 Å². The van der Waals surface area contributed by atoms with Gasteiger partial charge >= 0.3 is 0 Å². The molecule has 0 amide bonds. The van der Waals surface area contributed by atoms with Crippen LogP contribution in [0.15, 0.2) is 79.0 Å². The number of ketones is 1. The molecule has 3 aromatic rings. The second-order valence-corrected chi connectivity index (χ2v) is 5.78. The van der Waals surface area contributed by atoms with Crippen LogP contribution in [0, 0.1) is 0 Å². The number of hydrogen-bond acceptors (Lipinski definition) is 4. The maximum Gasteiger partial charge on any atom is 0.247 e. The molecule has 0 aliphatic carbocycles. The lowest BCUT2D eigenvalue weighted by atomic mass is 10.2. The van der Waals surface area contributed by atoms with Crippen LogP contribution in [0.3, 0.4) is 0 Å². The van der Waals surface area contributed by atoms with Crippen molar-refractivity contribution in [2.45, 2.75) is 13.8 Å². The zero-order valence-electron chi connectivity index (χ0n) is 14.7. The van der Waals surface area contributed by atoms with E-state index in [1.54, 1.807) is 29.7 Å². The smallest absolute Gasteiger partial charge is 0.247 e. The van der Waals surface area contributed by atoms with Crippen LogP contribution in [0.25, 0.3) is 11.1 Å². The molecular weight excluding hydrogens is 326 g/mol. The van der Waals surface area contributed by atoms with E-state index < -0.39 is 0 Å². The highest BCUT2D eigenvalue weighted by atomic mass is 16.5. The number of rotatable bonds is 6. The summed E-state index contributed by atoms with van der Waals surface area (Å²) in [6, 6.07) is 13.2. The van der Waals surface area contributed by atoms with Gasteiger partial charge in [0.05, 0.1) is 0 Å². The number of benzene rings is 1. The molecule has 5 nitrogen and oxygen atoms in total. The summed E-state index contributed by atoms with van der Waals surface area (Å²) in [5.41, 5.74) is 2.05. The van der Waals surface area contributed by atoms with Gasteiger partial charge in [0.1, 0.15) is 11.3 Å². The highest BCUT2D eigenvalue weighted by molar-refractivity contribution is 5.92. The number of hydrogen-bond donors (Lipinski definition) is 0. The number of carbonyl (C=O) groups is 1. The average Bonchev–Trinajstić information content (AvgIpc) is 3.11. The fourth-order valence-corrected chi connectivity index (χ4v) is 2.22. The van der Waals surface area contributed by atoms with E-state index in [-0.39, 0.29) is 5.78 Å². The largest absolute Gasteiger partial charge is 0.437 e. The van der Waals surface area contributed by atoms with Crippen molar-refractivity contribution in [3.63, 3.8) is 0 Å². The molecule has 26 heavy (non-hydrogen) atoms. The molecule has 0 aliphatic rings. The van der Waals surface area contributed by atoms with Gasteiger partial charge in [-0.25, -0.2) is 4.52 Å². The Morgan fingerprint density at radius 2 is 1.92 bits per heavy atom. The molecule has 0 N–H and O–H groups in total. The minimum Gasteiger partial charge on any atom is -0.437 e. The van der Waals surface area contributed by atoms with E-state index >= 15 is 0 Å². The van der Waals surface area contributed by atoms with Gasteiger partial charge in [0.2, 0.25) is 5.88 Å². The second-order valence-electron chi connectivity index (χ2n) is 5.78. The van der Waals surface area contributed by atoms with Crippen molar-refractivity contribution in [1.29, 1.82) is 0 Å². The Bertz CT molecular complexity index is 1010. The van der Waals surface area contributed by atoms with Crippen molar-refractivity contribution >= 4 is 16.9 Å². The van der Waals surface area contributed by atoms with Crippen LogP contribution < -0.4 is 4.74 Å². The topological polar surface area (TPSA) is 56.5 Å². The first kappa shape index (κ1) is 17.4. The van der Waals surface area contributed by atoms with Crippen molar-refractivity contribution in [2.75, 3.05) is 0 Å². The minimum atomic E-state index is 0.0313. The standard InChI is InChI=1S/C21H19N3O2/c1-15(17(3)25)9-7-10-16(2)20-22-21(19-13-8-14-24(19)23-20)26-18-11-5-4-6-12-18/h4-14H,2H2,1,3H3/b10-7-,15-9+. The lowest BCUT2D eigenvalue weighted by Gasteiger charge is -2.08. The Morgan fingerprint density at radius 3 is 2.65 bits per heavy atom. The normalized spacial score (nSPS) is 11.8. The van der Waals surface area contributed by atoms with Crippen LogP contribution in [0.5, 0.6) is 11.6 Å². The SMILES string of the molecule is C=C(/C=C\C=C(/C)C(C)=O)c1nc(Oc2ccccc2)c2cccn2n1. The average molecular weight is 345 g/mol. The number of Topliss-reactive ketones (excluding diaryl/α,β-unsaturated/α-hetero) is 1. The predicted molar refractivity (Wildman–Crippen MR) is 102 cm³/mol. The molecule has 5 heteroatoms. The molecule has 0 radical (unpaired) electrons. The zero-order chi connectivity index (χ0) is 18.5. The van der Waals surface area contributed by atoms with Crippen LogP contribution in [0.1, 0.15) is 19.7 Å².